The van der Waals surface area contributed by atoms with E-state index in [1.165, 1.54) is 0 Å². The summed E-state index contributed by atoms with van der Waals surface area (Å²) in [7, 11) is 0. The number of anilines is 1. The molecule has 1 aromatic rings. The molecule has 0 aliphatic carbocycles. The van der Waals surface area contributed by atoms with E-state index in [1.54, 1.807) is 9.80 Å². The molecule has 130 valence electrons. The summed E-state index contributed by atoms with van der Waals surface area (Å²) in [5.74, 6) is -0.00434. The Hall–Kier alpha value is -2.08. The van der Waals surface area contributed by atoms with Crippen molar-refractivity contribution in [3.8, 4) is 0 Å². The lowest BCUT2D eigenvalue weighted by Gasteiger charge is -2.27. The van der Waals surface area contributed by atoms with Gasteiger partial charge in [-0.25, -0.2) is 4.79 Å². The molecular weight excluding hydrogens is 306 g/mol. The first-order valence-electron chi connectivity index (χ1n) is 8.73. The van der Waals surface area contributed by atoms with Gasteiger partial charge in [0, 0.05) is 31.9 Å². The van der Waals surface area contributed by atoms with Gasteiger partial charge in [0.15, 0.2) is 0 Å². The Balaban J connectivity index is 1.60. The van der Waals surface area contributed by atoms with Crippen LogP contribution in [0.2, 0.25) is 0 Å². The molecule has 2 unspecified atom stereocenters. The van der Waals surface area contributed by atoms with E-state index in [9.17, 15) is 9.59 Å². The van der Waals surface area contributed by atoms with E-state index in [4.69, 9.17) is 4.74 Å². The number of nitrogens with zero attached hydrogens (tertiary/aromatic N) is 2. The average Bonchev–Trinajstić information content (AvgIpc) is 3.25. The highest BCUT2D eigenvalue weighted by Crippen LogP contribution is 2.24. The molecule has 3 amide bonds. The third kappa shape index (κ3) is 3.53. The number of amides is 3. The standard InChI is InChI=1S/C18H25N3O3/c1-2-20(18(23)19-13-15-9-6-12-24-15)16-10-11-21(17(16)22)14-7-4-3-5-8-14/h3-5,7-8,15-16H,2,6,9-13H2,1H3,(H,19,23). The molecule has 2 atom stereocenters. The number of benzene rings is 1. The average molecular weight is 331 g/mol. The van der Waals surface area contributed by atoms with Gasteiger partial charge in [-0.2, -0.15) is 0 Å². The van der Waals surface area contributed by atoms with Gasteiger partial charge in [-0.1, -0.05) is 18.2 Å². The molecule has 2 saturated heterocycles. The lowest BCUT2D eigenvalue weighted by atomic mass is 10.2. The maximum Gasteiger partial charge on any atom is 0.318 e. The van der Waals surface area contributed by atoms with Gasteiger partial charge in [0.1, 0.15) is 6.04 Å². The Morgan fingerprint density at radius 3 is 2.79 bits per heavy atom. The molecule has 1 N–H and O–H groups in total. The van der Waals surface area contributed by atoms with Crippen LogP contribution < -0.4 is 10.2 Å². The fourth-order valence-electron chi connectivity index (χ4n) is 3.43. The van der Waals surface area contributed by atoms with Crippen LogP contribution in [-0.4, -0.2) is 55.2 Å². The van der Waals surface area contributed by atoms with Crippen LogP contribution in [0.25, 0.3) is 0 Å². The number of likely N-dealkylation sites (N-methyl/N-ethyl adjacent to an activating group) is 1. The Kier molecular flexibility index (Phi) is 5.35. The van der Waals surface area contributed by atoms with E-state index >= 15 is 0 Å². The molecular formula is C18H25N3O3. The fraction of sp³-hybridized carbons (Fsp3) is 0.556. The fourth-order valence-corrected chi connectivity index (χ4v) is 3.43. The SMILES string of the molecule is CCN(C(=O)NCC1CCCO1)C1CCN(c2ccccc2)C1=O. The third-order valence-electron chi connectivity index (χ3n) is 4.73. The molecule has 6 heteroatoms. The van der Waals surface area contributed by atoms with Gasteiger partial charge in [0.2, 0.25) is 5.91 Å². The van der Waals surface area contributed by atoms with Gasteiger partial charge >= 0.3 is 6.03 Å². The lowest BCUT2D eigenvalue weighted by molar-refractivity contribution is -0.120. The van der Waals surface area contributed by atoms with Crippen molar-refractivity contribution < 1.29 is 14.3 Å². The molecule has 0 saturated carbocycles. The molecule has 2 heterocycles. The van der Waals surface area contributed by atoms with Crippen molar-refractivity contribution in [3.05, 3.63) is 30.3 Å². The van der Waals surface area contributed by atoms with Crippen molar-refractivity contribution in [1.82, 2.24) is 10.2 Å². The minimum atomic E-state index is -0.389. The van der Waals surface area contributed by atoms with Crippen LogP contribution in [0.15, 0.2) is 30.3 Å². The molecule has 0 spiro atoms. The molecule has 0 aromatic heterocycles. The number of ether oxygens (including phenoxy) is 1. The van der Waals surface area contributed by atoms with E-state index in [0.29, 0.717) is 26.1 Å². The Morgan fingerprint density at radius 1 is 1.33 bits per heavy atom. The summed E-state index contributed by atoms with van der Waals surface area (Å²) in [6, 6.07) is 9.05. The minimum Gasteiger partial charge on any atom is -0.376 e. The van der Waals surface area contributed by atoms with Crippen molar-refractivity contribution in [3.63, 3.8) is 0 Å². The van der Waals surface area contributed by atoms with Crippen molar-refractivity contribution in [1.29, 1.82) is 0 Å². The van der Waals surface area contributed by atoms with Gasteiger partial charge in [0.25, 0.3) is 0 Å². The predicted octanol–water partition coefficient (Wildman–Crippen LogP) is 2.00. The van der Waals surface area contributed by atoms with E-state index in [2.05, 4.69) is 5.32 Å². The Morgan fingerprint density at radius 2 is 2.12 bits per heavy atom. The Labute approximate surface area is 142 Å². The molecule has 6 nitrogen and oxygen atoms in total. The van der Waals surface area contributed by atoms with Crippen LogP contribution in [0.5, 0.6) is 0 Å². The second-order valence-corrected chi connectivity index (χ2v) is 6.24. The first-order valence-corrected chi connectivity index (χ1v) is 8.73. The third-order valence-corrected chi connectivity index (χ3v) is 4.73. The molecule has 1 aromatic carbocycles. The number of rotatable bonds is 5. The molecule has 2 fully saturated rings. The van der Waals surface area contributed by atoms with Crippen LogP contribution in [0.3, 0.4) is 0 Å². The van der Waals surface area contributed by atoms with Crippen molar-refractivity contribution in [2.45, 2.75) is 38.3 Å². The maximum atomic E-state index is 12.8. The van der Waals surface area contributed by atoms with Crippen LogP contribution in [-0.2, 0) is 9.53 Å². The molecule has 0 bridgehead atoms. The minimum absolute atomic E-state index is 0.00434. The number of carbonyl (C=O) groups is 2. The van der Waals surface area contributed by atoms with Crippen molar-refractivity contribution >= 4 is 17.6 Å². The zero-order valence-electron chi connectivity index (χ0n) is 14.1. The van der Waals surface area contributed by atoms with Crippen molar-refractivity contribution in [2.75, 3.05) is 31.1 Å². The quantitative estimate of drug-likeness (QED) is 0.898. The summed E-state index contributed by atoms with van der Waals surface area (Å²) in [6.45, 7) is 4.34. The maximum absolute atomic E-state index is 12.8. The topological polar surface area (TPSA) is 61.9 Å². The highest BCUT2D eigenvalue weighted by molar-refractivity contribution is 6.01. The number of para-hydroxylation sites is 1. The van der Waals surface area contributed by atoms with Crippen LogP contribution in [0.4, 0.5) is 10.5 Å². The molecule has 0 radical (unpaired) electrons. The summed E-state index contributed by atoms with van der Waals surface area (Å²) in [6.07, 6.45) is 2.80. The molecule has 2 aliphatic heterocycles. The normalized spacial score (nSPS) is 23.5. The summed E-state index contributed by atoms with van der Waals surface area (Å²) in [4.78, 5) is 28.6. The number of hydrogen-bond donors (Lipinski definition) is 1. The van der Waals surface area contributed by atoms with E-state index in [1.807, 2.05) is 37.3 Å². The lowest BCUT2D eigenvalue weighted by Crippen LogP contribution is -2.50. The van der Waals surface area contributed by atoms with Gasteiger partial charge in [-0.15, -0.1) is 0 Å². The van der Waals surface area contributed by atoms with Gasteiger partial charge in [-0.05, 0) is 38.3 Å². The van der Waals surface area contributed by atoms with E-state index in [-0.39, 0.29) is 24.1 Å². The van der Waals surface area contributed by atoms with Gasteiger partial charge < -0.3 is 19.9 Å². The Bertz CT molecular complexity index is 572. The second kappa shape index (κ2) is 7.66. The number of carbonyl (C=O) groups excluding carboxylic acids is 2. The van der Waals surface area contributed by atoms with Gasteiger partial charge in [-0.3, -0.25) is 4.79 Å². The first-order chi connectivity index (χ1) is 11.7. The number of hydrogen-bond acceptors (Lipinski definition) is 3. The number of urea groups is 1. The zero-order chi connectivity index (χ0) is 16.9. The highest BCUT2D eigenvalue weighted by atomic mass is 16.5. The van der Waals surface area contributed by atoms with Crippen LogP contribution >= 0.6 is 0 Å². The van der Waals surface area contributed by atoms with E-state index < -0.39 is 0 Å². The summed E-state index contributed by atoms with van der Waals surface area (Å²) in [5.41, 5.74) is 0.890. The van der Waals surface area contributed by atoms with Crippen molar-refractivity contribution in [2.24, 2.45) is 0 Å². The molecule has 24 heavy (non-hydrogen) atoms. The largest absolute Gasteiger partial charge is 0.376 e. The highest BCUT2D eigenvalue weighted by Gasteiger charge is 2.38. The monoisotopic (exact) mass is 331 g/mol. The summed E-state index contributed by atoms with van der Waals surface area (Å²) < 4.78 is 5.53. The second-order valence-electron chi connectivity index (χ2n) is 6.24. The predicted molar refractivity (Wildman–Crippen MR) is 92.0 cm³/mol. The summed E-state index contributed by atoms with van der Waals surface area (Å²) in [5, 5.41) is 2.92. The van der Waals surface area contributed by atoms with Crippen LogP contribution in [0, 0.1) is 0 Å². The smallest absolute Gasteiger partial charge is 0.318 e. The van der Waals surface area contributed by atoms with Gasteiger partial charge in [0.05, 0.1) is 6.10 Å². The summed E-state index contributed by atoms with van der Waals surface area (Å²) >= 11 is 0. The van der Waals surface area contributed by atoms with E-state index in [0.717, 1.165) is 25.1 Å². The molecule has 2 aliphatic rings. The number of nitrogens with one attached hydrogen (secondary N) is 1. The first kappa shape index (κ1) is 16.8. The van der Waals surface area contributed by atoms with Crippen LogP contribution in [0.1, 0.15) is 26.2 Å². The molecule has 3 rings (SSSR count). The zero-order valence-corrected chi connectivity index (χ0v) is 14.1.